The molecule has 2 rings (SSSR count). The molecule has 0 aliphatic carbocycles. The number of rotatable bonds is 11. The number of ether oxygens (including phenoxy) is 2. The SMILES string of the molecule is CCOc1cc(C(C)NCCCCc2ccccc2)cc(OCC)c1Br. The molecule has 0 spiro atoms. The van der Waals surface area contributed by atoms with Gasteiger partial charge in [0.2, 0.25) is 0 Å². The van der Waals surface area contributed by atoms with E-state index in [1.807, 2.05) is 13.8 Å². The molecule has 0 amide bonds. The number of unbranched alkanes of at least 4 members (excludes halogenated alkanes) is 1. The molecule has 0 aliphatic rings. The van der Waals surface area contributed by atoms with Crippen LogP contribution in [0.15, 0.2) is 46.9 Å². The molecule has 0 bridgehead atoms. The molecule has 2 aromatic rings. The first-order chi connectivity index (χ1) is 12.7. The lowest BCUT2D eigenvalue weighted by molar-refractivity contribution is 0.318. The molecule has 26 heavy (non-hydrogen) atoms. The van der Waals surface area contributed by atoms with Gasteiger partial charge >= 0.3 is 0 Å². The van der Waals surface area contributed by atoms with Gasteiger partial charge in [0.25, 0.3) is 0 Å². The Morgan fingerprint density at radius 1 is 0.962 bits per heavy atom. The third-order valence-corrected chi connectivity index (χ3v) is 5.10. The van der Waals surface area contributed by atoms with E-state index in [0.29, 0.717) is 13.2 Å². The van der Waals surface area contributed by atoms with Crippen LogP contribution in [0.3, 0.4) is 0 Å². The van der Waals surface area contributed by atoms with E-state index in [-0.39, 0.29) is 6.04 Å². The first-order valence-corrected chi connectivity index (χ1v) is 10.3. The molecule has 1 unspecified atom stereocenters. The number of halogens is 1. The Morgan fingerprint density at radius 3 is 2.15 bits per heavy atom. The van der Waals surface area contributed by atoms with Gasteiger partial charge in [-0.25, -0.2) is 0 Å². The number of nitrogens with one attached hydrogen (secondary N) is 1. The van der Waals surface area contributed by atoms with Gasteiger partial charge in [-0.15, -0.1) is 0 Å². The van der Waals surface area contributed by atoms with Gasteiger partial charge in [0.1, 0.15) is 16.0 Å². The minimum Gasteiger partial charge on any atom is -0.493 e. The molecule has 0 saturated carbocycles. The highest BCUT2D eigenvalue weighted by molar-refractivity contribution is 9.10. The van der Waals surface area contributed by atoms with Crippen LogP contribution in [-0.4, -0.2) is 19.8 Å². The van der Waals surface area contributed by atoms with Crippen molar-refractivity contribution in [3.63, 3.8) is 0 Å². The smallest absolute Gasteiger partial charge is 0.137 e. The number of hydrogen-bond donors (Lipinski definition) is 1. The second-order valence-electron chi connectivity index (χ2n) is 6.32. The maximum atomic E-state index is 5.75. The molecule has 0 radical (unpaired) electrons. The third kappa shape index (κ3) is 6.33. The van der Waals surface area contributed by atoms with E-state index >= 15 is 0 Å². The molecular formula is C22H30BrNO2. The molecule has 4 heteroatoms. The Balaban J connectivity index is 1.88. The monoisotopic (exact) mass is 419 g/mol. The second-order valence-corrected chi connectivity index (χ2v) is 7.11. The Kier molecular flexibility index (Phi) is 8.99. The lowest BCUT2D eigenvalue weighted by Crippen LogP contribution is -2.20. The van der Waals surface area contributed by atoms with Gasteiger partial charge in [0, 0.05) is 6.04 Å². The molecule has 1 atom stereocenters. The van der Waals surface area contributed by atoms with Crippen molar-refractivity contribution in [3.8, 4) is 11.5 Å². The molecular weight excluding hydrogens is 390 g/mol. The quantitative estimate of drug-likeness (QED) is 0.458. The summed E-state index contributed by atoms with van der Waals surface area (Å²) in [5.74, 6) is 1.68. The minimum atomic E-state index is 0.248. The summed E-state index contributed by atoms with van der Waals surface area (Å²) in [4.78, 5) is 0. The summed E-state index contributed by atoms with van der Waals surface area (Å²) in [6, 6.07) is 15.1. The summed E-state index contributed by atoms with van der Waals surface area (Å²) in [7, 11) is 0. The highest BCUT2D eigenvalue weighted by Crippen LogP contribution is 2.37. The highest BCUT2D eigenvalue weighted by Gasteiger charge is 2.14. The first kappa shape index (κ1) is 20.8. The van der Waals surface area contributed by atoms with E-state index in [1.54, 1.807) is 0 Å². The Bertz CT molecular complexity index is 633. The van der Waals surface area contributed by atoms with Crippen molar-refractivity contribution in [2.75, 3.05) is 19.8 Å². The maximum absolute atomic E-state index is 5.75. The fraction of sp³-hybridized carbons (Fsp3) is 0.455. The van der Waals surface area contributed by atoms with Crippen LogP contribution in [0.2, 0.25) is 0 Å². The molecule has 0 saturated heterocycles. The van der Waals surface area contributed by atoms with Gasteiger partial charge in [-0.05, 0) is 85.8 Å². The summed E-state index contributed by atoms with van der Waals surface area (Å²) < 4.78 is 12.4. The molecule has 0 aromatic heterocycles. The molecule has 0 fully saturated rings. The lowest BCUT2D eigenvalue weighted by atomic mass is 10.1. The van der Waals surface area contributed by atoms with Gasteiger partial charge < -0.3 is 14.8 Å². The molecule has 3 nitrogen and oxygen atoms in total. The predicted octanol–water partition coefficient (Wildman–Crippen LogP) is 5.92. The summed E-state index contributed by atoms with van der Waals surface area (Å²) in [6.07, 6.45) is 3.49. The number of benzene rings is 2. The number of hydrogen-bond acceptors (Lipinski definition) is 3. The van der Waals surface area contributed by atoms with Crippen LogP contribution in [0.1, 0.15) is 50.8 Å². The van der Waals surface area contributed by atoms with Crippen molar-refractivity contribution in [2.45, 2.75) is 46.1 Å². The summed E-state index contributed by atoms with van der Waals surface area (Å²) >= 11 is 3.59. The van der Waals surface area contributed by atoms with Crippen molar-refractivity contribution in [2.24, 2.45) is 0 Å². The predicted molar refractivity (Wildman–Crippen MR) is 112 cm³/mol. The van der Waals surface area contributed by atoms with Crippen LogP contribution >= 0.6 is 15.9 Å². The van der Waals surface area contributed by atoms with Gasteiger partial charge in [0.15, 0.2) is 0 Å². The fourth-order valence-electron chi connectivity index (χ4n) is 2.90. The molecule has 1 N–H and O–H groups in total. The van der Waals surface area contributed by atoms with Crippen molar-refractivity contribution in [3.05, 3.63) is 58.1 Å². The minimum absolute atomic E-state index is 0.248. The van der Waals surface area contributed by atoms with Crippen LogP contribution in [0, 0.1) is 0 Å². The van der Waals surface area contributed by atoms with Crippen molar-refractivity contribution < 1.29 is 9.47 Å². The second kappa shape index (κ2) is 11.2. The normalized spacial score (nSPS) is 12.0. The summed E-state index contributed by atoms with van der Waals surface area (Å²) in [5, 5.41) is 3.62. The van der Waals surface area contributed by atoms with E-state index in [1.165, 1.54) is 17.5 Å². The van der Waals surface area contributed by atoms with Gasteiger partial charge in [-0.3, -0.25) is 0 Å². The van der Waals surface area contributed by atoms with Crippen molar-refractivity contribution >= 4 is 15.9 Å². The lowest BCUT2D eigenvalue weighted by Gasteiger charge is -2.19. The maximum Gasteiger partial charge on any atom is 0.137 e. The zero-order valence-electron chi connectivity index (χ0n) is 16.1. The van der Waals surface area contributed by atoms with Crippen LogP contribution in [0.4, 0.5) is 0 Å². The van der Waals surface area contributed by atoms with Crippen LogP contribution in [-0.2, 0) is 6.42 Å². The standard InChI is InChI=1S/C22H30BrNO2/c1-4-25-20-15-19(16-21(22(20)23)26-5-2)17(3)24-14-10-9-13-18-11-7-6-8-12-18/h6-8,11-12,15-17,24H,4-5,9-10,13-14H2,1-3H3. The van der Waals surface area contributed by atoms with Crippen LogP contribution in [0.25, 0.3) is 0 Å². The van der Waals surface area contributed by atoms with Crippen molar-refractivity contribution in [1.29, 1.82) is 0 Å². The highest BCUT2D eigenvalue weighted by atomic mass is 79.9. The first-order valence-electron chi connectivity index (χ1n) is 9.52. The van der Waals surface area contributed by atoms with E-state index in [9.17, 15) is 0 Å². The Hall–Kier alpha value is -1.52. The fourth-order valence-corrected chi connectivity index (χ4v) is 3.36. The van der Waals surface area contributed by atoms with Gasteiger partial charge in [-0.2, -0.15) is 0 Å². The average molecular weight is 420 g/mol. The van der Waals surface area contributed by atoms with Gasteiger partial charge in [0.05, 0.1) is 13.2 Å². The van der Waals surface area contributed by atoms with E-state index < -0.39 is 0 Å². The Labute approximate surface area is 166 Å². The van der Waals surface area contributed by atoms with E-state index in [4.69, 9.17) is 9.47 Å². The van der Waals surface area contributed by atoms with E-state index in [0.717, 1.165) is 35.4 Å². The topological polar surface area (TPSA) is 30.5 Å². The van der Waals surface area contributed by atoms with E-state index in [2.05, 4.69) is 70.6 Å². The third-order valence-electron chi connectivity index (χ3n) is 4.31. The average Bonchev–Trinajstić information content (AvgIpc) is 2.65. The molecule has 2 aromatic carbocycles. The summed E-state index contributed by atoms with van der Waals surface area (Å²) in [6.45, 7) is 8.44. The molecule has 0 aliphatic heterocycles. The molecule has 142 valence electrons. The van der Waals surface area contributed by atoms with Crippen LogP contribution in [0.5, 0.6) is 11.5 Å². The summed E-state index contributed by atoms with van der Waals surface area (Å²) in [5.41, 5.74) is 2.60. The number of aryl methyl sites for hydroxylation is 1. The molecule has 0 heterocycles. The zero-order valence-corrected chi connectivity index (χ0v) is 17.6. The largest absolute Gasteiger partial charge is 0.493 e. The Morgan fingerprint density at radius 2 is 1.58 bits per heavy atom. The van der Waals surface area contributed by atoms with Gasteiger partial charge in [-0.1, -0.05) is 30.3 Å². The zero-order chi connectivity index (χ0) is 18.8. The van der Waals surface area contributed by atoms with Crippen LogP contribution < -0.4 is 14.8 Å². The van der Waals surface area contributed by atoms with Crippen molar-refractivity contribution in [1.82, 2.24) is 5.32 Å².